The zero-order valence-electron chi connectivity index (χ0n) is 17.2. The molecule has 0 radical (unpaired) electrons. The van der Waals surface area contributed by atoms with Gasteiger partial charge in [-0.05, 0) is 56.7 Å². The van der Waals surface area contributed by atoms with Gasteiger partial charge < -0.3 is 5.32 Å². The minimum absolute atomic E-state index is 0.0266. The predicted octanol–water partition coefficient (Wildman–Crippen LogP) is 3.68. The van der Waals surface area contributed by atoms with Gasteiger partial charge in [-0.15, -0.1) is 0 Å². The summed E-state index contributed by atoms with van der Waals surface area (Å²) in [6, 6.07) is 16.9. The molecule has 2 aromatic rings. The van der Waals surface area contributed by atoms with Crippen LogP contribution in [-0.4, -0.2) is 37.3 Å². The first kappa shape index (κ1) is 21.5. The maximum absolute atomic E-state index is 13.5. The van der Waals surface area contributed by atoms with E-state index in [1.165, 1.54) is 6.92 Å². The first-order chi connectivity index (χ1) is 13.9. The summed E-state index contributed by atoms with van der Waals surface area (Å²) in [5.41, 5.74) is 2.15. The third kappa shape index (κ3) is 5.67. The van der Waals surface area contributed by atoms with E-state index in [9.17, 15) is 13.2 Å². The molecule has 0 bridgehead atoms. The summed E-state index contributed by atoms with van der Waals surface area (Å²) in [5.74, 6) is -0.0622. The second-order valence-corrected chi connectivity index (χ2v) is 9.77. The highest BCUT2D eigenvalue weighted by atomic mass is 32.2. The molecule has 156 valence electrons. The maximum Gasteiger partial charge on any atom is 0.243 e. The topological polar surface area (TPSA) is 66.5 Å². The van der Waals surface area contributed by atoms with Gasteiger partial charge in [0.1, 0.15) is 0 Å². The van der Waals surface area contributed by atoms with Gasteiger partial charge in [-0.25, -0.2) is 8.42 Å². The average molecular weight is 415 g/mol. The molecule has 5 nitrogen and oxygen atoms in total. The van der Waals surface area contributed by atoms with Crippen molar-refractivity contribution in [2.75, 3.05) is 6.54 Å². The Labute approximate surface area is 174 Å². The van der Waals surface area contributed by atoms with Crippen LogP contribution in [0.25, 0.3) is 0 Å². The Morgan fingerprint density at radius 1 is 1.07 bits per heavy atom. The van der Waals surface area contributed by atoms with Crippen LogP contribution in [0.2, 0.25) is 0 Å². The van der Waals surface area contributed by atoms with Crippen LogP contribution in [0.4, 0.5) is 0 Å². The van der Waals surface area contributed by atoms with E-state index in [0.717, 1.165) is 30.4 Å². The number of carbonyl (C=O) groups excluding carboxylic acids is 1. The molecule has 0 saturated heterocycles. The second kappa shape index (κ2) is 9.55. The number of sulfonamides is 1. The van der Waals surface area contributed by atoms with Gasteiger partial charge in [0.2, 0.25) is 15.9 Å². The standard InChI is InChI=1S/C23H30N2O3S/c1-18-11-13-23(14-12-18)29(27,28)25(16-15-20-7-4-3-5-8-20)22-10-6-9-21(17-22)24-19(2)26/h3-5,7-8,11-14,21-22H,6,9-10,15-17H2,1-2H3,(H,24,26)/t21-,22+/m0/s1. The lowest BCUT2D eigenvalue weighted by Crippen LogP contribution is -2.48. The van der Waals surface area contributed by atoms with E-state index in [-0.39, 0.29) is 18.0 Å². The molecule has 0 heterocycles. The second-order valence-electron chi connectivity index (χ2n) is 7.88. The molecule has 6 heteroatoms. The predicted molar refractivity (Wildman–Crippen MR) is 115 cm³/mol. The van der Waals surface area contributed by atoms with Crippen molar-refractivity contribution in [1.82, 2.24) is 9.62 Å². The van der Waals surface area contributed by atoms with E-state index in [1.807, 2.05) is 49.4 Å². The van der Waals surface area contributed by atoms with Gasteiger partial charge in [0.15, 0.2) is 0 Å². The van der Waals surface area contributed by atoms with Crippen LogP contribution < -0.4 is 5.32 Å². The Morgan fingerprint density at radius 3 is 2.41 bits per heavy atom. The molecular weight excluding hydrogens is 384 g/mol. The Kier molecular flexibility index (Phi) is 7.09. The molecule has 1 amide bonds. The first-order valence-electron chi connectivity index (χ1n) is 10.3. The molecule has 1 aliphatic carbocycles. The van der Waals surface area contributed by atoms with Crippen molar-refractivity contribution in [1.29, 1.82) is 0 Å². The summed E-state index contributed by atoms with van der Waals surface area (Å²) in [4.78, 5) is 11.8. The zero-order chi connectivity index (χ0) is 20.9. The minimum Gasteiger partial charge on any atom is -0.354 e. The number of benzene rings is 2. The maximum atomic E-state index is 13.5. The fourth-order valence-electron chi connectivity index (χ4n) is 4.07. The van der Waals surface area contributed by atoms with Gasteiger partial charge in [0, 0.05) is 25.6 Å². The lowest BCUT2D eigenvalue weighted by atomic mass is 9.90. The van der Waals surface area contributed by atoms with Crippen LogP contribution in [0.5, 0.6) is 0 Å². The van der Waals surface area contributed by atoms with Crippen LogP contribution >= 0.6 is 0 Å². The summed E-state index contributed by atoms with van der Waals surface area (Å²) in [5, 5.41) is 2.98. The molecule has 0 aromatic heterocycles. The quantitative estimate of drug-likeness (QED) is 0.752. The van der Waals surface area contributed by atoms with Crippen LogP contribution in [-0.2, 0) is 21.2 Å². The third-order valence-corrected chi connectivity index (χ3v) is 7.52. The molecule has 1 fully saturated rings. The number of aryl methyl sites for hydroxylation is 1. The number of nitrogens with zero attached hydrogens (tertiary/aromatic N) is 1. The smallest absolute Gasteiger partial charge is 0.243 e. The number of nitrogens with one attached hydrogen (secondary N) is 1. The minimum atomic E-state index is -3.62. The van der Waals surface area contributed by atoms with Gasteiger partial charge in [-0.3, -0.25) is 4.79 Å². The van der Waals surface area contributed by atoms with E-state index >= 15 is 0 Å². The Bertz CT molecular complexity index is 911. The summed E-state index contributed by atoms with van der Waals surface area (Å²) in [6.07, 6.45) is 3.93. The molecule has 3 rings (SSSR count). The average Bonchev–Trinajstić information content (AvgIpc) is 2.69. The van der Waals surface area contributed by atoms with E-state index in [4.69, 9.17) is 0 Å². The van der Waals surface area contributed by atoms with Gasteiger partial charge in [0.25, 0.3) is 0 Å². The normalized spacial score (nSPS) is 19.8. The van der Waals surface area contributed by atoms with Crippen molar-refractivity contribution in [2.24, 2.45) is 0 Å². The van der Waals surface area contributed by atoms with Crippen molar-refractivity contribution in [3.63, 3.8) is 0 Å². The van der Waals surface area contributed by atoms with Crippen molar-refractivity contribution >= 4 is 15.9 Å². The molecule has 1 saturated carbocycles. The Hall–Kier alpha value is -2.18. The van der Waals surface area contributed by atoms with Crippen molar-refractivity contribution in [3.8, 4) is 0 Å². The SMILES string of the molecule is CC(=O)N[C@H]1CCC[C@@H](N(CCc2ccccc2)S(=O)(=O)c2ccc(C)cc2)C1. The monoisotopic (exact) mass is 414 g/mol. The third-order valence-electron chi connectivity index (χ3n) is 5.55. The van der Waals surface area contributed by atoms with Crippen LogP contribution in [0.15, 0.2) is 59.5 Å². The van der Waals surface area contributed by atoms with Gasteiger partial charge in [-0.2, -0.15) is 4.31 Å². The van der Waals surface area contributed by atoms with Crippen LogP contribution in [0.1, 0.15) is 43.7 Å². The van der Waals surface area contributed by atoms with E-state index in [0.29, 0.717) is 24.3 Å². The Morgan fingerprint density at radius 2 is 1.76 bits per heavy atom. The summed E-state index contributed by atoms with van der Waals surface area (Å²) >= 11 is 0. The lowest BCUT2D eigenvalue weighted by molar-refractivity contribution is -0.119. The van der Waals surface area contributed by atoms with Gasteiger partial charge >= 0.3 is 0 Å². The molecule has 2 atom stereocenters. The summed E-state index contributed by atoms with van der Waals surface area (Å²) in [7, 11) is -3.62. The molecule has 1 aliphatic rings. The number of carbonyl (C=O) groups is 1. The van der Waals surface area contributed by atoms with E-state index in [2.05, 4.69) is 5.32 Å². The molecule has 0 spiro atoms. The van der Waals surface area contributed by atoms with Crippen molar-refractivity contribution in [2.45, 2.75) is 62.9 Å². The first-order valence-corrected chi connectivity index (χ1v) is 11.7. The molecule has 2 aromatic carbocycles. The highest BCUT2D eigenvalue weighted by Crippen LogP contribution is 2.28. The fourth-order valence-corrected chi connectivity index (χ4v) is 5.74. The number of hydrogen-bond donors (Lipinski definition) is 1. The Balaban J connectivity index is 1.86. The van der Waals surface area contributed by atoms with Gasteiger partial charge in [-0.1, -0.05) is 48.0 Å². The van der Waals surface area contributed by atoms with Crippen LogP contribution in [0.3, 0.4) is 0 Å². The number of amides is 1. The van der Waals surface area contributed by atoms with E-state index < -0.39 is 10.0 Å². The van der Waals surface area contributed by atoms with Crippen molar-refractivity contribution < 1.29 is 13.2 Å². The van der Waals surface area contributed by atoms with Gasteiger partial charge in [0.05, 0.1) is 4.90 Å². The lowest BCUT2D eigenvalue weighted by Gasteiger charge is -2.37. The van der Waals surface area contributed by atoms with Crippen molar-refractivity contribution in [3.05, 3.63) is 65.7 Å². The summed E-state index contributed by atoms with van der Waals surface area (Å²) < 4.78 is 28.7. The molecular formula is C23H30N2O3S. The zero-order valence-corrected chi connectivity index (χ0v) is 18.0. The fraction of sp³-hybridized carbons (Fsp3) is 0.435. The number of hydrogen-bond acceptors (Lipinski definition) is 3. The largest absolute Gasteiger partial charge is 0.354 e. The molecule has 1 N–H and O–H groups in total. The highest BCUT2D eigenvalue weighted by Gasteiger charge is 2.34. The summed E-state index contributed by atoms with van der Waals surface area (Å²) in [6.45, 7) is 3.89. The van der Waals surface area contributed by atoms with Crippen LogP contribution in [0, 0.1) is 6.92 Å². The molecule has 0 aliphatic heterocycles. The number of rotatable bonds is 7. The van der Waals surface area contributed by atoms with E-state index in [1.54, 1.807) is 16.4 Å². The highest BCUT2D eigenvalue weighted by molar-refractivity contribution is 7.89. The molecule has 29 heavy (non-hydrogen) atoms. The molecule has 0 unspecified atom stereocenters.